The molecular weight excluding hydrogens is 445 g/mol. The number of likely N-dealkylation sites (tertiary alicyclic amines) is 1. The zero-order chi connectivity index (χ0) is 24.4. The van der Waals surface area contributed by atoms with Gasteiger partial charge in [0.1, 0.15) is 6.17 Å². The summed E-state index contributed by atoms with van der Waals surface area (Å²) in [6.45, 7) is 4.69. The highest BCUT2D eigenvalue weighted by molar-refractivity contribution is 5.82. The van der Waals surface area contributed by atoms with Gasteiger partial charge in [0.2, 0.25) is 5.95 Å². The summed E-state index contributed by atoms with van der Waals surface area (Å²) >= 11 is 0. The lowest BCUT2D eigenvalue weighted by Gasteiger charge is -2.25. The Morgan fingerprint density at radius 2 is 2.03 bits per heavy atom. The molecule has 2 atom stereocenters. The molecule has 8 heteroatoms. The number of ether oxygens (including phenoxy) is 1. The third-order valence-electron chi connectivity index (χ3n) is 7.31. The Bertz CT molecular complexity index is 1140. The summed E-state index contributed by atoms with van der Waals surface area (Å²) in [5.74, 6) is 0.915. The third kappa shape index (κ3) is 5.50. The van der Waals surface area contributed by atoms with Crippen LogP contribution < -0.4 is 5.32 Å². The van der Waals surface area contributed by atoms with Gasteiger partial charge < -0.3 is 15.2 Å². The fourth-order valence-corrected chi connectivity index (χ4v) is 5.51. The lowest BCUT2D eigenvalue weighted by atomic mass is 9.85. The fourth-order valence-electron chi connectivity index (χ4n) is 5.51. The molecule has 1 saturated carbocycles. The molecule has 7 nitrogen and oxygen atoms in total. The highest BCUT2D eigenvalue weighted by Gasteiger charge is 2.26. The van der Waals surface area contributed by atoms with Crippen LogP contribution >= 0.6 is 0 Å². The van der Waals surface area contributed by atoms with E-state index in [1.54, 1.807) is 7.11 Å². The number of aliphatic hydroxyl groups is 1. The van der Waals surface area contributed by atoms with Crippen molar-refractivity contribution in [1.29, 1.82) is 0 Å². The molecule has 0 amide bonds. The number of hydrogen-bond donors (Lipinski definition) is 2. The monoisotopic (exact) mass is 481 g/mol. The van der Waals surface area contributed by atoms with Gasteiger partial charge in [-0.1, -0.05) is 18.2 Å². The van der Waals surface area contributed by atoms with Crippen LogP contribution in [-0.2, 0) is 11.3 Å². The van der Waals surface area contributed by atoms with Crippen molar-refractivity contribution < 1.29 is 14.2 Å². The van der Waals surface area contributed by atoms with Crippen LogP contribution in [0.25, 0.3) is 16.6 Å². The Balaban J connectivity index is 1.49. The van der Waals surface area contributed by atoms with Gasteiger partial charge in [0, 0.05) is 50.0 Å². The Hall–Kier alpha value is -2.55. The largest absolute Gasteiger partial charge is 0.393 e. The van der Waals surface area contributed by atoms with Crippen molar-refractivity contribution in [1.82, 2.24) is 19.5 Å². The van der Waals surface area contributed by atoms with E-state index < -0.39 is 6.17 Å². The van der Waals surface area contributed by atoms with Crippen LogP contribution in [0.2, 0.25) is 0 Å². The molecule has 1 saturated heterocycles. The summed E-state index contributed by atoms with van der Waals surface area (Å²) in [5.41, 5.74) is 5.55. The highest BCUT2D eigenvalue weighted by atomic mass is 19.1. The van der Waals surface area contributed by atoms with Crippen LogP contribution in [0.1, 0.15) is 56.2 Å². The maximum absolute atomic E-state index is 13.7. The Morgan fingerprint density at radius 3 is 2.77 bits per heavy atom. The topological polar surface area (TPSA) is 74.9 Å². The molecule has 5 rings (SSSR count). The third-order valence-corrected chi connectivity index (χ3v) is 7.31. The number of nitrogens with one attached hydrogen (secondary N) is 1. The molecule has 188 valence electrons. The Morgan fingerprint density at radius 1 is 1.20 bits per heavy atom. The minimum Gasteiger partial charge on any atom is -0.393 e. The molecule has 3 aromatic rings. The number of rotatable bonds is 8. The van der Waals surface area contributed by atoms with E-state index in [1.807, 2.05) is 17.6 Å². The summed E-state index contributed by atoms with van der Waals surface area (Å²) in [6.07, 6.45) is 5.12. The van der Waals surface area contributed by atoms with E-state index in [2.05, 4.69) is 45.5 Å². The number of nitrogens with zero attached hydrogens (tertiary/aromatic N) is 4. The van der Waals surface area contributed by atoms with Crippen LogP contribution in [0.3, 0.4) is 0 Å². The predicted molar refractivity (Wildman–Crippen MR) is 135 cm³/mol. The predicted octanol–water partition coefficient (Wildman–Crippen LogP) is 4.41. The standard InChI is InChI=1S/C27H36FN5O2/c1-18(17-35-2)30-27-29-14-26-24(13-25(33(26)31-27)20-6-8-23(34)9-7-20)21-5-3-4-19(12-21)15-32-11-10-22(28)16-32/h3-5,12-14,18,20,22-23,34H,6-11,15-17H2,1-2H3,(H,30,31)/t18-,20-,22-,23-/m0/s1. The van der Waals surface area contributed by atoms with Gasteiger partial charge in [-0.3, -0.25) is 4.90 Å². The molecule has 2 aromatic heterocycles. The Labute approximate surface area is 206 Å². The van der Waals surface area contributed by atoms with Crippen molar-refractivity contribution in [3.8, 4) is 11.1 Å². The average molecular weight is 482 g/mol. The SMILES string of the molecule is COC[C@H](C)Nc1ncc2c(-c3cccc(CN4CC[C@H](F)C4)c3)cc([C@H]3CC[C@H](O)CC3)n2n1. The minimum atomic E-state index is -0.711. The summed E-state index contributed by atoms with van der Waals surface area (Å²) in [7, 11) is 1.68. The van der Waals surface area contributed by atoms with Gasteiger partial charge in [0.25, 0.3) is 0 Å². The molecule has 1 aromatic carbocycles. The summed E-state index contributed by atoms with van der Waals surface area (Å²) in [6, 6.07) is 10.9. The first-order chi connectivity index (χ1) is 17.0. The van der Waals surface area contributed by atoms with Gasteiger partial charge >= 0.3 is 0 Å². The quantitative estimate of drug-likeness (QED) is 0.497. The van der Waals surface area contributed by atoms with Crippen LogP contribution in [0, 0.1) is 0 Å². The van der Waals surface area contributed by atoms with Crippen LogP contribution in [0.4, 0.5) is 10.3 Å². The van der Waals surface area contributed by atoms with Crippen LogP contribution in [0.15, 0.2) is 36.5 Å². The lowest BCUT2D eigenvalue weighted by molar-refractivity contribution is 0.121. The van der Waals surface area contributed by atoms with Crippen LogP contribution in [0.5, 0.6) is 0 Å². The fraction of sp³-hybridized carbons (Fsp3) is 0.556. The normalized spacial score (nSPS) is 24.2. The van der Waals surface area contributed by atoms with E-state index in [0.717, 1.165) is 61.1 Å². The second-order valence-electron chi connectivity index (χ2n) is 10.2. The molecule has 2 aliphatic rings. The number of aliphatic hydroxyl groups excluding tert-OH is 1. The molecule has 2 N–H and O–H groups in total. The van der Waals surface area contributed by atoms with Crippen LogP contribution in [-0.4, -0.2) is 69.7 Å². The second kappa shape index (κ2) is 10.6. The first-order valence-corrected chi connectivity index (χ1v) is 12.8. The number of halogens is 1. The molecule has 0 spiro atoms. The average Bonchev–Trinajstić information content (AvgIpc) is 3.43. The molecule has 2 fully saturated rings. The number of hydrogen-bond acceptors (Lipinski definition) is 6. The van der Waals surface area contributed by atoms with Crippen molar-refractivity contribution in [3.63, 3.8) is 0 Å². The summed E-state index contributed by atoms with van der Waals surface area (Å²) in [4.78, 5) is 6.79. The van der Waals surface area contributed by atoms with Crippen molar-refractivity contribution in [2.24, 2.45) is 0 Å². The van der Waals surface area contributed by atoms with Gasteiger partial charge in [-0.05, 0) is 62.3 Å². The molecule has 1 aliphatic carbocycles. The number of fused-ring (bicyclic) bond motifs is 1. The smallest absolute Gasteiger partial charge is 0.241 e. The number of benzene rings is 1. The number of anilines is 1. The Kier molecular flexibility index (Phi) is 7.32. The molecule has 1 aliphatic heterocycles. The minimum absolute atomic E-state index is 0.0898. The van der Waals surface area contributed by atoms with Crippen molar-refractivity contribution in [3.05, 3.63) is 47.8 Å². The van der Waals surface area contributed by atoms with E-state index in [4.69, 9.17) is 9.84 Å². The highest BCUT2D eigenvalue weighted by Crippen LogP contribution is 2.38. The number of methoxy groups -OCH3 is 1. The van der Waals surface area contributed by atoms with Gasteiger partial charge in [0.15, 0.2) is 0 Å². The molecule has 35 heavy (non-hydrogen) atoms. The lowest BCUT2D eigenvalue weighted by Crippen LogP contribution is -2.23. The van der Waals surface area contributed by atoms with Crippen molar-refractivity contribution >= 4 is 11.5 Å². The van der Waals surface area contributed by atoms with E-state index in [-0.39, 0.29) is 12.1 Å². The van der Waals surface area contributed by atoms with Gasteiger partial charge in [-0.25, -0.2) is 13.9 Å². The van der Waals surface area contributed by atoms with Gasteiger partial charge in [-0.15, -0.1) is 5.10 Å². The summed E-state index contributed by atoms with van der Waals surface area (Å²) in [5, 5.41) is 18.3. The molecule has 0 unspecified atom stereocenters. The molecule has 0 radical (unpaired) electrons. The molecule has 0 bridgehead atoms. The molecular formula is C27H36FN5O2. The van der Waals surface area contributed by atoms with Crippen molar-refractivity contribution in [2.75, 3.05) is 32.1 Å². The van der Waals surface area contributed by atoms with E-state index in [9.17, 15) is 9.50 Å². The molecule has 3 heterocycles. The summed E-state index contributed by atoms with van der Waals surface area (Å²) < 4.78 is 20.9. The van der Waals surface area contributed by atoms with Gasteiger partial charge in [0.05, 0.1) is 24.4 Å². The van der Waals surface area contributed by atoms with E-state index in [1.165, 1.54) is 5.56 Å². The second-order valence-corrected chi connectivity index (χ2v) is 10.2. The number of aromatic nitrogens is 3. The van der Waals surface area contributed by atoms with Crippen molar-refractivity contribution in [2.45, 2.75) is 69.8 Å². The first-order valence-electron chi connectivity index (χ1n) is 12.8. The zero-order valence-corrected chi connectivity index (χ0v) is 20.7. The zero-order valence-electron chi connectivity index (χ0n) is 20.7. The number of alkyl halides is 1. The van der Waals surface area contributed by atoms with E-state index in [0.29, 0.717) is 31.4 Å². The maximum atomic E-state index is 13.7. The maximum Gasteiger partial charge on any atom is 0.241 e. The van der Waals surface area contributed by atoms with Gasteiger partial charge in [-0.2, -0.15) is 0 Å². The first kappa shape index (κ1) is 24.2. The van der Waals surface area contributed by atoms with E-state index >= 15 is 0 Å².